The second-order valence-electron chi connectivity index (χ2n) is 5.74. The van der Waals surface area contributed by atoms with E-state index < -0.39 is 0 Å². The molecule has 3 aromatic rings. The third-order valence-electron chi connectivity index (χ3n) is 3.83. The molecule has 128 valence electrons. The molecule has 0 spiro atoms. The summed E-state index contributed by atoms with van der Waals surface area (Å²) in [6.07, 6.45) is 6.73. The zero-order valence-electron chi connectivity index (χ0n) is 14.1. The lowest BCUT2D eigenvalue weighted by molar-refractivity contribution is 0.262. The number of nitrogens with one attached hydrogen (secondary N) is 3. The number of aryl methyl sites for hydroxylation is 1. The molecule has 0 aliphatic carbocycles. The highest BCUT2D eigenvalue weighted by Crippen LogP contribution is 2.23. The second kappa shape index (κ2) is 8.10. The monoisotopic (exact) mass is 335 g/mol. The van der Waals surface area contributed by atoms with Gasteiger partial charge < -0.3 is 10.6 Å². The summed E-state index contributed by atoms with van der Waals surface area (Å²) in [4.78, 5) is 16.5. The largest absolute Gasteiger partial charge is 0.323 e. The molecule has 0 aliphatic rings. The van der Waals surface area contributed by atoms with E-state index in [1.165, 1.54) is 18.4 Å². The minimum Gasteiger partial charge on any atom is -0.308 e. The topological polar surface area (TPSA) is 82.7 Å². The van der Waals surface area contributed by atoms with Crippen LogP contribution in [0.25, 0.3) is 11.4 Å². The normalized spacial score (nSPS) is 10.4. The molecule has 0 saturated heterocycles. The molecule has 0 bridgehead atoms. The Kier molecular flexibility index (Phi) is 5.41. The average molecular weight is 335 g/mol. The molecule has 3 N–H and O–H groups in total. The molecule has 0 saturated carbocycles. The van der Waals surface area contributed by atoms with Crippen molar-refractivity contribution in [1.29, 1.82) is 0 Å². The Morgan fingerprint density at radius 2 is 1.96 bits per heavy atom. The SMILES string of the molecule is CCCCc1ccc(NC(=O)Nc2c[nH]nc2-c2ccccn2)cc1. The standard InChI is InChI=1S/C19H21N5O/c1-2-3-6-14-8-10-15(11-9-14)22-19(25)23-17-13-21-24-18(17)16-7-4-5-12-20-16/h4-5,7-13H,2-3,6H2,1H3,(H,21,24)(H2,22,23,25). The van der Waals surface area contributed by atoms with Crippen LogP contribution in [0.1, 0.15) is 25.3 Å². The lowest BCUT2D eigenvalue weighted by Gasteiger charge is -2.08. The van der Waals surface area contributed by atoms with Gasteiger partial charge in [-0.2, -0.15) is 5.10 Å². The number of amides is 2. The van der Waals surface area contributed by atoms with Crippen molar-refractivity contribution in [1.82, 2.24) is 15.2 Å². The van der Waals surface area contributed by atoms with E-state index in [9.17, 15) is 4.79 Å². The summed E-state index contributed by atoms with van der Waals surface area (Å²) in [5, 5.41) is 12.5. The van der Waals surface area contributed by atoms with Crippen molar-refractivity contribution >= 4 is 17.4 Å². The third kappa shape index (κ3) is 4.44. The van der Waals surface area contributed by atoms with Crippen LogP contribution in [0.3, 0.4) is 0 Å². The maximum absolute atomic E-state index is 12.2. The Morgan fingerprint density at radius 3 is 2.68 bits per heavy atom. The highest BCUT2D eigenvalue weighted by atomic mass is 16.2. The van der Waals surface area contributed by atoms with Gasteiger partial charge in [-0.3, -0.25) is 10.1 Å². The fourth-order valence-corrected chi connectivity index (χ4v) is 2.50. The Balaban J connectivity index is 1.63. The van der Waals surface area contributed by atoms with Gasteiger partial charge in [-0.25, -0.2) is 4.79 Å². The Bertz CT molecular complexity index is 811. The number of carbonyl (C=O) groups excluding carboxylic acids is 1. The van der Waals surface area contributed by atoms with E-state index in [-0.39, 0.29) is 6.03 Å². The van der Waals surface area contributed by atoms with Crippen LogP contribution in [0.5, 0.6) is 0 Å². The van der Waals surface area contributed by atoms with Gasteiger partial charge in [0, 0.05) is 18.1 Å². The number of unbranched alkanes of at least 4 members (excludes halogenated alkanes) is 1. The number of anilines is 2. The van der Waals surface area contributed by atoms with Gasteiger partial charge in [0.25, 0.3) is 0 Å². The lowest BCUT2D eigenvalue weighted by atomic mass is 10.1. The Labute approximate surface area is 146 Å². The Hall–Kier alpha value is -3.15. The van der Waals surface area contributed by atoms with E-state index in [0.717, 1.165) is 12.1 Å². The highest BCUT2D eigenvalue weighted by molar-refractivity contribution is 6.01. The van der Waals surface area contributed by atoms with Crippen molar-refractivity contribution in [3.63, 3.8) is 0 Å². The van der Waals surface area contributed by atoms with Gasteiger partial charge in [-0.15, -0.1) is 0 Å². The van der Waals surface area contributed by atoms with Gasteiger partial charge in [0.2, 0.25) is 0 Å². The van der Waals surface area contributed by atoms with E-state index in [1.807, 2.05) is 42.5 Å². The van der Waals surface area contributed by atoms with E-state index in [1.54, 1.807) is 12.4 Å². The molecule has 2 aromatic heterocycles. The number of nitrogens with zero attached hydrogens (tertiary/aromatic N) is 2. The molecule has 0 fully saturated rings. The van der Waals surface area contributed by atoms with Crippen LogP contribution >= 0.6 is 0 Å². The summed E-state index contributed by atoms with van der Waals surface area (Å²) < 4.78 is 0. The first-order valence-corrected chi connectivity index (χ1v) is 8.38. The quantitative estimate of drug-likeness (QED) is 0.622. The van der Waals surface area contributed by atoms with Crippen LogP contribution in [0, 0.1) is 0 Å². The number of aromatic amines is 1. The van der Waals surface area contributed by atoms with Gasteiger partial charge in [0.1, 0.15) is 5.69 Å². The Morgan fingerprint density at radius 1 is 1.12 bits per heavy atom. The smallest absolute Gasteiger partial charge is 0.308 e. The number of pyridine rings is 1. The van der Waals surface area contributed by atoms with Crippen LogP contribution in [0.4, 0.5) is 16.2 Å². The van der Waals surface area contributed by atoms with Crippen molar-refractivity contribution in [2.45, 2.75) is 26.2 Å². The van der Waals surface area contributed by atoms with Gasteiger partial charge in [0.15, 0.2) is 0 Å². The van der Waals surface area contributed by atoms with Crippen molar-refractivity contribution in [3.05, 3.63) is 60.4 Å². The number of carbonyl (C=O) groups is 1. The fraction of sp³-hybridized carbons (Fsp3) is 0.211. The fourth-order valence-electron chi connectivity index (χ4n) is 2.50. The van der Waals surface area contributed by atoms with E-state index in [4.69, 9.17) is 0 Å². The number of benzene rings is 1. The maximum Gasteiger partial charge on any atom is 0.323 e. The molecule has 0 atom stereocenters. The maximum atomic E-state index is 12.2. The highest BCUT2D eigenvalue weighted by Gasteiger charge is 2.12. The molecule has 6 heteroatoms. The summed E-state index contributed by atoms with van der Waals surface area (Å²) in [6.45, 7) is 2.18. The van der Waals surface area contributed by atoms with Gasteiger partial charge in [-0.05, 0) is 42.7 Å². The summed E-state index contributed by atoms with van der Waals surface area (Å²) in [5.41, 5.74) is 3.90. The van der Waals surface area contributed by atoms with E-state index in [2.05, 4.69) is 32.7 Å². The summed E-state index contributed by atoms with van der Waals surface area (Å²) in [6, 6.07) is 13.2. The van der Waals surface area contributed by atoms with Crippen LogP contribution in [0.2, 0.25) is 0 Å². The van der Waals surface area contributed by atoms with Gasteiger partial charge in [0.05, 0.1) is 11.4 Å². The molecule has 2 heterocycles. The lowest BCUT2D eigenvalue weighted by Crippen LogP contribution is -2.19. The molecule has 0 radical (unpaired) electrons. The predicted molar refractivity (Wildman–Crippen MR) is 99.5 cm³/mol. The molecular formula is C19H21N5O. The molecule has 0 aliphatic heterocycles. The summed E-state index contributed by atoms with van der Waals surface area (Å²) in [5.74, 6) is 0. The summed E-state index contributed by atoms with van der Waals surface area (Å²) in [7, 11) is 0. The van der Waals surface area contributed by atoms with Crippen LogP contribution in [0.15, 0.2) is 54.9 Å². The second-order valence-corrected chi connectivity index (χ2v) is 5.74. The number of rotatable bonds is 6. The molecule has 3 rings (SSSR count). The molecule has 6 nitrogen and oxygen atoms in total. The number of urea groups is 1. The molecule has 25 heavy (non-hydrogen) atoms. The molecule has 0 unspecified atom stereocenters. The number of hydrogen-bond acceptors (Lipinski definition) is 3. The van der Waals surface area contributed by atoms with Crippen LogP contribution < -0.4 is 10.6 Å². The molecule has 2 amide bonds. The predicted octanol–water partition coefficient (Wildman–Crippen LogP) is 4.46. The first-order chi connectivity index (χ1) is 12.3. The van der Waals surface area contributed by atoms with Crippen LogP contribution in [-0.4, -0.2) is 21.2 Å². The minimum atomic E-state index is -0.320. The number of H-pyrrole nitrogens is 1. The van der Waals surface area contributed by atoms with Crippen molar-refractivity contribution in [2.24, 2.45) is 0 Å². The van der Waals surface area contributed by atoms with Crippen molar-refractivity contribution in [2.75, 3.05) is 10.6 Å². The first-order valence-electron chi connectivity index (χ1n) is 8.38. The van der Waals surface area contributed by atoms with Gasteiger partial charge in [-0.1, -0.05) is 31.5 Å². The van der Waals surface area contributed by atoms with Crippen LogP contribution in [-0.2, 0) is 6.42 Å². The van der Waals surface area contributed by atoms with Crippen molar-refractivity contribution in [3.8, 4) is 11.4 Å². The number of hydrogen-bond donors (Lipinski definition) is 3. The van der Waals surface area contributed by atoms with E-state index >= 15 is 0 Å². The summed E-state index contributed by atoms with van der Waals surface area (Å²) >= 11 is 0. The zero-order valence-corrected chi connectivity index (χ0v) is 14.1. The van der Waals surface area contributed by atoms with Gasteiger partial charge >= 0.3 is 6.03 Å². The average Bonchev–Trinajstić information content (AvgIpc) is 3.10. The number of aromatic nitrogens is 3. The first kappa shape index (κ1) is 16.7. The molecule has 1 aromatic carbocycles. The zero-order chi connectivity index (χ0) is 17.5. The van der Waals surface area contributed by atoms with E-state index in [0.29, 0.717) is 17.1 Å². The molecular weight excluding hydrogens is 314 g/mol. The minimum absolute atomic E-state index is 0.320. The third-order valence-corrected chi connectivity index (χ3v) is 3.83. The van der Waals surface area contributed by atoms with Crippen molar-refractivity contribution < 1.29 is 4.79 Å².